The van der Waals surface area contributed by atoms with Gasteiger partial charge in [-0.1, -0.05) is 19.1 Å². The van der Waals surface area contributed by atoms with Gasteiger partial charge in [-0.3, -0.25) is 4.79 Å². The van der Waals surface area contributed by atoms with Gasteiger partial charge in [-0.15, -0.1) is 0 Å². The maximum absolute atomic E-state index is 12.3. The standard InChI is InChI=1S/C14H21NO4S/c1-4-12-7-9-13(10-8-12)20(17,18)15(2)11-5-6-14(16)19-3/h7-10H,4-6,11H2,1-3H3. The Bertz CT molecular complexity index is 537. The molecule has 0 aliphatic rings. The van der Waals surface area contributed by atoms with Gasteiger partial charge in [0.2, 0.25) is 10.0 Å². The van der Waals surface area contributed by atoms with Crippen LogP contribution in [-0.2, 0) is 26.0 Å². The maximum atomic E-state index is 12.3. The number of nitrogens with zero attached hydrogens (tertiary/aromatic N) is 1. The molecule has 112 valence electrons. The fraction of sp³-hybridized carbons (Fsp3) is 0.500. The number of esters is 1. The van der Waals surface area contributed by atoms with E-state index >= 15 is 0 Å². The second-order valence-electron chi connectivity index (χ2n) is 4.50. The molecule has 0 fully saturated rings. The number of rotatable bonds is 7. The Morgan fingerprint density at radius 1 is 1.25 bits per heavy atom. The average Bonchev–Trinajstić information content (AvgIpc) is 2.46. The minimum Gasteiger partial charge on any atom is -0.469 e. The summed E-state index contributed by atoms with van der Waals surface area (Å²) in [6, 6.07) is 6.86. The predicted octanol–water partition coefficient (Wildman–Crippen LogP) is 1.82. The molecular weight excluding hydrogens is 278 g/mol. The summed E-state index contributed by atoms with van der Waals surface area (Å²) in [6.45, 7) is 2.30. The van der Waals surface area contributed by atoms with Gasteiger partial charge in [0.15, 0.2) is 0 Å². The Hall–Kier alpha value is -1.40. The van der Waals surface area contributed by atoms with Gasteiger partial charge in [-0.25, -0.2) is 12.7 Å². The van der Waals surface area contributed by atoms with E-state index in [1.807, 2.05) is 19.1 Å². The monoisotopic (exact) mass is 299 g/mol. The molecule has 0 spiro atoms. The Morgan fingerprint density at radius 3 is 2.35 bits per heavy atom. The molecule has 0 saturated carbocycles. The first-order valence-corrected chi connectivity index (χ1v) is 7.98. The molecule has 5 nitrogen and oxygen atoms in total. The molecule has 20 heavy (non-hydrogen) atoms. The Morgan fingerprint density at radius 2 is 1.85 bits per heavy atom. The average molecular weight is 299 g/mol. The zero-order valence-electron chi connectivity index (χ0n) is 12.1. The van der Waals surface area contributed by atoms with Crippen molar-refractivity contribution in [1.82, 2.24) is 4.31 Å². The largest absolute Gasteiger partial charge is 0.469 e. The lowest BCUT2D eigenvalue weighted by Crippen LogP contribution is -2.28. The van der Waals surface area contributed by atoms with Gasteiger partial charge in [-0.05, 0) is 30.5 Å². The molecular formula is C14H21NO4S. The van der Waals surface area contributed by atoms with Crippen molar-refractivity contribution in [3.8, 4) is 0 Å². The van der Waals surface area contributed by atoms with Crippen LogP contribution in [0.25, 0.3) is 0 Å². The van der Waals surface area contributed by atoms with E-state index in [9.17, 15) is 13.2 Å². The molecule has 0 bridgehead atoms. The highest BCUT2D eigenvalue weighted by molar-refractivity contribution is 7.89. The summed E-state index contributed by atoms with van der Waals surface area (Å²) in [6.07, 6.45) is 1.52. The maximum Gasteiger partial charge on any atom is 0.305 e. The second kappa shape index (κ2) is 7.40. The number of ether oxygens (including phenoxy) is 1. The first-order chi connectivity index (χ1) is 9.41. The third kappa shape index (κ3) is 4.31. The van der Waals surface area contributed by atoms with Gasteiger partial charge in [0.25, 0.3) is 0 Å². The molecule has 0 aliphatic carbocycles. The third-order valence-electron chi connectivity index (χ3n) is 3.12. The van der Waals surface area contributed by atoms with Crippen LogP contribution in [0.4, 0.5) is 0 Å². The predicted molar refractivity (Wildman–Crippen MR) is 76.9 cm³/mol. The number of methoxy groups -OCH3 is 1. The van der Waals surface area contributed by atoms with E-state index in [0.717, 1.165) is 12.0 Å². The lowest BCUT2D eigenvalue weighted by Gasteiger charge is -2.17. The Kier molecular flexibility index (Phi) is 6.16. The summed E-state index contributed by atoms with van der Waals surface area (Å²) < 4.78 is 30.4. The van der Waals surface area contributed by atoms with Crippen molar-refractivity contribution in [1.29, 1.82) is 0 Å². The third-order valence-corrected chi connectivity index (χ3v) is 4.99. The van der Waals surface area contributed by atoms with Gasteiger partial charge >= 0.3 is 5.97 Å². The zero-order valence-corrected chi connectivity index (χ0v) is 12.9. The quantitative estimate of drug-likeness (QED) is 0.721. The highest BCUT2D eigenvalue weighted by atomic mass is 32.2. The number of carbonyl (C=O) groups is 1. The second-order valence-corrected chi connectivity index (χ2v) is 6.55. The van der Waals surface area contributed by atoms with Crippen LogP contribution < -0.4 is 0 Å². The van der Waals surface area contributed by atoms with E-state index in [1.165, 1.54) is 18.5 Å². The minimum absolute atomic E-state index is 0.213. The van der Waals surface area contributed by atoms with Gasteiger partial charge < -0.3 is 4.74 Å². The van der Waals surface area contributed by atoms with Crippen molar-refractivity contribution in [3.63, 3.8) is 0 Å². The molecule has 0 atom stereocenters. The molecule has 0 aliphatic heterocycles. The van der Waals surface area contributed by atoms with Crippen LogP contribution in [0.15, 0.2) is 29.2 Å². The van der Waals surface area contributed by atoms with Crippen LogP contribution in [0.3, 0.4) is 0 Å². The van der Waals surface area contributed by atoms with Crippen LogP contribution in [0.5, 0.6) is 0 Å². The highest BCUT2D eigenvalue weighted by Gasteiger charge is 2.20. The van der Waals surface area contributed by atoms with Gasteiger partial charge in [0.05, 0.1) is 12.0 Å². The van der Waals surface area contributed by atoms with E-state index in [4.69, 9.17) is 0 Å². The molecule has 0 aromatic heterocycles. The molecule has 0 amide bonds. The molecule has 0 heterocycles. The Labute approximate surface area is 120 Å². The molecule has 0 saturated heterocycles. The van der Waals surface area contributed by atoms with Crippen molar-refractivity contribution in [2.75, 3.05) is 20.7 Å². The topological polar surface area (TPSA) is 63.7 Å². The van der Waals surface area contributed by atoms with Crippen molar-refractivity contribution in [3.05, 3.63) is 29.8 Å². The lowest BCUT2D eigenvalue weighted by molar-refractivity contribution is -0.140. The van der Waals surface area contributed by atoms with E-state index in [-0.39, 0.29) is 23.8 Å². The van der Waals surface area contributed by atoms with Crippen molar-refractivity contribution in [2.45, 2.75) is 31.1 Å². The molecule has 0 unspecified atom stereocenters. The number of benzene rings is 1. The summed E-state index contributed by atoms with van der Waals surface area (Å²) in [5, 5.41) is 0. The summed E-state index contributed by atoms with van der Waals surface area (Å²) in [7, 11) is -0.656. The number of hydrogen-bond donors (Lipinski definition) is 0. The molecule has 0 N–H and O–H groups in total. The van der Waals surface area contributed by atoms with Gasteiger partial charge in [0, 0.05) is 20.0 Å². The number of aryl methyl sites for hydroxylation is 1. The summed E-state index contributed by atoms with van der Waals surface area (Å²) in [5.74, 6) is -0.330. The first-order valence-electron chi connectivity index (χ1n) is 6.54. The van der Waals surface area contributed by atoms with E-state index in [1.54, 1.807) is 12.1 Å². The highest BCUT2D eigenvalue weighted by Crippen LogP contribution is 2.16. The van der Waals surface area contributed by atoms with Crippen molar-refractivity contribution >= 4 is 16.0 Å². The van der Waals surface area contributed by atoms with Crippen molar-refractivity contribution < 1.29 is 17.9 Å². The van der Waals surface area contributed by atoms with Crippen LogP contribution >= 0.6 is 0 Å². The van der Waals surface area contributed by atoms with Crippen LogP contribution in [-0.4, -0.2) is 39.4 Å². The Balaban J connectivity index is 2.69. The summed E-state index contributed by atoms with van der Waals surface area (Å²) >= 11 is 0. The minimum atomic E-state index is -3.49. The lowest BCUT2D eigenvalue weighted by atomic mass is 10.2. The number of hydrogen-bond acceptors (Lipinski definition) is 4. The van der Waals surface area contributed by atoms with Gasteiger partial charge in [0.1, 0.15) is 0 Å². The van der Waals surface area contributed by atoms with E-state index < -0.39 is 10.0 Å². The first kappa shape index (κ1) is 16.7. The number of sulfonamides is 1. The normalized spacial score (nSPS) is 11.6. The zero-order chi connectivity index (χ0) is 15.2. The fourth-order valence-electron chi connectivity index (χ4n) is 1.75. The van der Waals surface area contributed by atoms with Crippen LogP contribution in [0.1, 0.15) is 25.3 Å². The number of carbonyl (C=O) groups excluding carboxylic acids is 1. The smallest absolute Gasteiger partial charge is 0.305 e. The molecule has 1 aromatic carbocycles. The van der Waals surface area contributed by atoms with E-state index in [0.29, 0.717) is 6.42 Å². The molecule has 1 rings (SSSR count). The molecule has 1 aromatic rings. The van der Waals surface area contributed by atoms with Gasteiger partial charge in [-0.2, -0.15) is 0 Å². The van der Waals surface area contributed by atoms with Crippen LogP contribution in [0, 0.1) is 0 Å². The van der Waals surface area contributed by atoms with Crippen LogP contribution in [0.2, 0.25) is 0 Å². The fourth-order valence-corrected chi connectivity index (χ4v) is 2.95. The summed E-state index contributed by atoms with van der Waals surface area (Å²) in [4.78, 5) is 11.3. The molecule has 6 heteroatoms. The molecule has 0 radical (unpaired) electrons. The van der Waals surface area contributed by atoms with E-state index in [2.05, 4.69) is 4.74 Å². The SMILES string of the molecule is CCc1ccc(S(=O)(=O)N(C)CCCC(=O)OC)cc1. The van der Waals surface area contributed by atoms with Crippen molar-refractivity contribution in [2.24, 2.45) is 0 Å². The summed E-state index contributed by atoms with van der Waals surface area (Å²) in [5.41, 5.74) is 1.09.